The molecule has 0 aliphatic carbocycles. The van der Waals surface area contributed by atoms with Crippen molar-refractivity contribution in [1.82, 2.24) is 5.32 Å². The molecule has 0 aromatic carbocycles. The lowest BCUT2D eigenvalue weighted by molar-refractivity contribution is 0.233. The number of rotatable bonds is 7. The van der Waals surface area contributed by atoms with Crippen LogP contribution in [0.3, 0.4) is 0 Å². The lowest BCUT2D eigenvalue weighted by Gasteiger charge is -2.17. The number of aliphatic hydroxyl groups is 1. The van der Waals surface area contributed by atoms with Crippen LogP contribution in [0, 0.1) is 5.92 Å². The van der Waals surface area contributed by atoms with Gasteiger partial charge in [-0.05, 0) is 25.3 Å². The summed E-state index contributed by atoms with van der Waals surface area (Å²) in [6, 6.07) is 0.296. The van der Waals surface area contributed by atoms with Crippen molar-refractivity contribution in [3.8, 4) is 0 Å². The maximum absolute atomic E-state index is 8.91. The summed E-state index contributed by atoms with van der Waals surface area (Å²) < 4.78 is 0. The van der Waals surface area contributed by atoms with Crippen molar-refractivity contribution in [3.05, 3.63) is 0 Å². The zero-order valence-corrected chi connectivity index (χ0v) is 8.64. The van der Waals surface area contributed by atoms with Gasteiger partial charge in [-0.1, -0.05) is 27.2 Å². The fraction of sp³-hybridized carbons (Fsp3) is 1.00. The highest BCUT2D eigenvalue weighted by Gasteiger charge is 2.05. The van der Waals surface area contributed by atoms with E-state index in [1.807, 2.05) is 0 Å². The molecule has 0 spiro atoms. The van der Waals surface area contributed by atoms with E-state index in [-0.39, 0.29) is 6.61 Å². The molecule has 0 heterocycles. The molecule has 74 valence electrons. The number of hydrogen-bond acceptors (Lipinski definition) is 2. The van der Waals surface area contributed by atoms with Crippen LogP contribution in [0.1, 0.15) is 40.0 Å². The van der Waals surface area contributed by atoms with Crippen molar-refractivity contribution < 1.29 is 5.11 Å². The third-order valence-electron chi connectivity index (χ3n) is 2.25. The van der Waals surface area contributed by atoms with Crippen LogP contribution in [-0.4, -0.2) is 24.3 Å². The Balaban J connectivity index is 3.37. The molecular formula is C10H23NO. The van der Waals surface area contributed by atoms with Gasteiger partial charge in [0.1, 0.15) is 0 Å². The van der Waals surface area contributed by atoms with E-state index in [0.717, 1.165) is 18.9 Å². The molecule has 2 heteroatoms. The van der Waals surface area contributed by atoms with Crippen molar-refractivity contribution in [2.45, 2.75) is 46.1 Å². The van der Waals surface area contributed by atoms with E-state index in [1.54, 1.807) is 0 Å². The van der Waals surface area contributed by atoms with Gasteiger partial charge in [0.25, 0.3) is 0 Å². The second kappa shape index (κ2) is 7.56. The highest BCUT2D eigenvalue weighted by Crippen LogP contribution is 2.03. The van der Waals surface area contributed by atoms with Crippen LogP contribution < -0.4 is 5.32 Å². The first-order valence-corrected chi connectivity index (χ1v) is 5.08. The van der Waals surface area contributed by atoms with Crippen molar-refractivity contribution >= 4 is 0 Å². The monoisotopic (exact) mass is 173 g/mol. The molecule has 2 atom stereocenters. The Morgan fingerprint density at radius 1 is 1.33 bits per heavy atom. The van der Waals surface area contributed by atoms with Gasteiger partial charge in [-0.3, -0.25) is 0 Å². The average molecular weight is 173 g/mol. The first kappa shape index (κ1) is 11.9. The Morgan fingerprint density at radius 3 is 2.42 bits per heavy atom. The Hall–Kier alpha value is -0.0800. The van der Waals surface area contributed by atoms with Crippen LogP contribution >= 0.6 is 0 Å². The van der Waals surface area contributed by atoms with E-state index in [9.17, 15) is 0 Å². The molecule has 0 aliphatic heterocycles. The predicted octanol–water partition coefficient (Wildman–Crippen LogP) is 1.78. The highest BCUT2D eigenvalue weighted by atomic mass is 16.3. The normalized spacial score (nSPS) is 16.0. The molecule has 2 N–H and O–H groups in total. The van der Waals surface area contributed by atoms with Crippen LogP contribution in [0.2, 0.25) is 0 Å². The summed E-state index contributed by atoms with van der Waals surface area (Å²) in [5.74, 6) is 0.732. The van der Waals surface area contributed by atoms with Crippen molar-refractivity contribution in [1.29, 1.82) is 0 Å². The molecule has 0 rings (SSSR count). The fourth-order valence-electron chi connectivity index (χ4n) is 1.30. The van der Waals surface area contributed by atoms with Crippen LogP contribution in [0.15, 0.2) is 0 Å². The predicted molar refractivity (Wildman–Crippen MR) is 53.2 cm³/mol. The SMILES string of the molecule is CCCC(C)CNC(CC)CO. The summed E-state index contributed by atoms with van der Waals surface area (Å²) >= 11 is 0. The summed E-state index contributed by atoms with van der Waals surface area (Å²) in [7, 11) is 0. The van der Waals surface area contributed by atoms with E-state index in [2.05, 4.69) is 26.1 Å². The number of hydrogen-bond donors (Lipinski definition) is 2. The molecule has 0 aromatic rings. The van der Waals surface area contributed by atoms with E-state index in [0.29, 0.717) is 6.04 Å². The zero-order chi connectivity index (χ0) is 9.40. The van der Waals surface area contributed by atoms with Crippen LogP contribution in [0.5, 0.6) is 0 Å². The van der Waals surface area contributed by atoms with E-state index in [1.165, 1.54) is 12.8 Å². The molecule has 12 heavy (non-hydrogen) atoms. The third-order valence-corrected chi connectivity index (χ3v) is 2.25. The van der Waals surface area contributed by atoms with Crippen LogP contribution in [-0.2, 0) is 0 Å². The van der Waals surface area contributed by atoms with Crippen LogP contribution in [0.4, 0.5) is 0 Å². The standard InChI is InChI=1S/C10H23NO/c1-4-6-9(3)7-11-10(5-2)8-12/h9-12H,4-8H2,1-3H3. The first-order chi connectivity index (χ1) is 5.74. The van der Waals surface area contributed by atoms with Crippen molar-refractivity contribution in [2.75, 3.05) is 13.2 Å². The molecule has 0 saturated carbocycles. The minimum absolute atomic E-state index is 0.259. The topological polar surface area (TPSA) is 32.3 Å². The first-order valence-electron chi connectivity index (χ1n) is 5.08. The van der Waals surface area contributed by atoms with Gasteiger partial charge in [-0.15, -0.1) is 0 Å². The summed E-state index contributed by atoms with van der Waals surface area (Å²) in [4.78, 5) is 0. The lowest BCUT2D eigenvalue weighted by atomic mass is 10.1. The maximum atomic E-state index is 8.91. The van der Waals surface area contributed by atoms with Gasteiger partial charge in [-0.2, -0.15) is 0 Å². The quantitative estimate of drug-likeness (QED) is 0.615. The highest BCUT2D eigenvalue weighted by molar-refractivity contribution is 4.65. The van der Waals surface area contributed by atoms with E-state index >= 15 is 0 Å². The van der Waals surface area contributed by atoms with E-state index in [4.69, 9.17) is 5.11 Å². The molecule has 0 aromatic heterocycles. The average Bonchev–Trinajstić information content (AvgIpc) is 2.07. The molecule has 0 saturated heterocycles. The molecule has 2 unspecified atom stereocenters. The number of nitrogens with one attached hydrogen (secondary N) is 1. The lowest BCUT2D eigenvalue weighted by Crippen LogP contribution is -2.34. The van der Waals surface area contributed by atoms with Gasteiger partial charge in [0, 0.05) is 6.04 Å². The molecule has 0 aliphatic rings. The minimum atomic E-state index is 0.259. The molecule has 0 fully saturated rings. The van der Waals surface area contributed by atoms with Crippen LogP contribution in [0.25, 0.3) is 0 Å². The molecule has 0 amide bonds. The summed E-state index contributed by atoms with van der Waals surface area (Å²) in [5, 5.41) is 12.3. The molecule has 0 radical (unpaired) electrons. The fourth-order valence-corrected chi connectivity index (χ4v) is 1.30. The smallest absolute Gasteiger partial charge is 0.0584 e. The summed E-state index contributed by atoms with van der Waals surface area (Å²) in [6.45, 7) is 7.85. The van der Waals surface area contributed by atoms with Gasteiger partial charge in [0.05, 0.1) is 6.61 Å². The Morgan fingerprint density at radius 2 is 2.00 bits per heavy atom. The summed E-state index contributed by atoms with van der Waals surface area (Å²) in [6.07, 6.45) is 3.53. The van der Waals surface area contributed by atoms with Crippen molar-refractivity contribution in [2.24, 2.45) is 5.92 Å². The van der Waals surface area contributed by atoms with Crippen molar-refractivity contribution in [3.63, 3.8) is 0 Å². The molecule has 0 bridgehead atoms. The Labute approximate surface area is 76.4 Å². The summed E-state index contributed by atoms with van der Waals surface area (Å²) in [5.41, 5.74) is 0. The largest absolute Gasteiger partial charge is 0.395 e. The van der Waals surface area contributed by atoms with Gasteiger partial charge >= 0.3 is 0 Å². The number of aliphatic hydroxyl groups excluding tert-OH is 1. The Bertz CT molecular complexity index is 91.8. The van der Waals surface area contributed by atoms with Gasteiger partial charge in [-0.25, -0.2) is 0 Å². The van der Waals surface area contributed by atoms with Gasteiger partial charge in [0.2, 0.25) is 0 Å². The molecule has 2 nitrogen and oxygen atoms in total. The Kier molecular flexibility index (Phi) is 7.51. The van der Waals surface area contributed by atoms with E-state index < -0.39 is 0 Å². The third kappa shape index (κ3) is 5.56. The van der Waals surface area contributed by atoms with Gasteiger partial charge < -0.3 is 10.4 Å². The second-order valence-electron chi connectivity index (χ2n) is 3.59. The zero-order valence-electron chi connectivity index (χ0n) is 8.64. The maximum Gasteiger partial charge on any atom is 0.0584 e. The second-order valence-corrected chi connectivity index (χ2v) is 3.59. The molecular weight excluding hydrogens is 150 g/mol. The minimum Gasteiger partial charge on any atom is -0.395 e. The van der Waals surface area contributed by atoms with Gasteiger partial charge in [0.15, 0.2) is 0 Å².